The highest BCUT2D eigenvalue weighted by atomic mass is 32.1. The first-order valence-electron chi connectivity index (χ1n) is 6.65. The van der Waals surface area contributed by atoms with Gasteiger partial charge >= 0.3 is 0 Å². The lowest BCUT2D eigenvalue weighted by Gasteiger charge is -1.97. The van der Waals surface area contributed by atoms with E-state index in [0.29, 0.717) is 21.7 Å². The van der Waals surface area contributed by atoms with Crippen molar-refractivity contribution in [1.29, 1.82) is 0 Å². The minimum atomic E-state index is -0.354. The number of rotatable bonds is 2. The van der Waals surface area contributed by atoms with Gasteiger partial charge in [0.05, 0.1) is 10.2 Å². The topological polar surface area (TPSA) is 57.8 Å². The highest BCUT2D eigenvalue weighted by Gasteiger charge is 2.13. The molecular weight excluding hydrogens is 301 g/mol. The van der Waals surface area contributed by atoms with Crippen LogP contribution in [0.1, 0.15) is 10.5 Å². The Hall–Kier alpha value is -2.73. The fraction of sp³-hybridized carbons (Fsp3) is 0. The molecule has 0 fully saturated rings. The van der Waals surface area contributed by atoms with E-state index in [1.807, 2.05) is 24.3 Å². The summed E-state index contributed by atoms with van der Waals surface area (Å²) in [6, 6.07) is 13.9. The Morgan fingerprint density at radius 1 is 1.18 bits per heavy atom. The largest absolute Gasteiger partial charge is 0.350 e. The second kappa shape index (κ2) is 4.92. The number of aromatic amines is 1. The first-order valence-corrected chi connectivity index (χ1v) is 7.46. The molecule has 0 aliphatic carbocycles. The molecule has 0 saturated heterocycles. The van der Waals surface area contributed by atoms with Crippen molar-refractivity contribution < 1.29 is 9.18 Å². The molecule has 2 heterocycles. The summed E-state index contributed by atoms with van der Waals surface area (Å²) in [6.07, 6.45) is 0. The zero-order chi connectivity index (χ0) is 15.1. The van der Waals surface area contributed by atoms with Crippen LogP contribution in [0.5, 0.6) is 0 Å². The number of carbonyl (C=O) groups is 1. The van der Waals surface area contributed by atoms with Gasteiger partial charge in [0.1, 0.15) is 11.5 Å². The van der Waals surface area contributed by atoms with Crippen molar-refractivity contribution in [1.82, 2.24) is 9.97 Å². The molecule has 2 N–H and O–H groups in total. The summed E-state index contributed by atoms with van der Waals surface area (Å²) in [4.78, 5) is 19.5. The van der Waals surface area contributed by atoms with Crippen LogP contribution in [0.2, 0.25) is 0 Å². The standard InChI is InChI=1S/C16H10FN3OS/c17-10-4-3-6-11-9(10)8-13(18-11)15(21)20-16-19-12-5-1-2-7-14(12)22-16/h1-8,18H,(H,19,20,21). The predicted octanol–water partition coefficient (Wildman–Crippen LogP) is 4.17. The van der Waals surface area contributed by atoms with Crippen LogP contribution in [0.3, 0.4) is 0 Å². The molecule has 0 unspecified atom stereocenters. The van der Waals surface area contributed by atoms with Crippen LogP contribution >= 0.6 is 11.3 Å². The monoisotopic (exact) mass is 311 g/mol. The van der Waals surface area contributed by atoms with E-state index in [2.05, 4.69) is 15.3 Å². The van der Waals surface area contributed by atoms with E-state index in [4.69, 9.17) is 0 Å². The summed E-state index contributed by atoms with van der Waals surface area (Å²) in [5.74, 6) is -0.692. The molecule has 0 aliphatic rings. The number of thiazole rings is 1. The van der Waals surface area contributed by atoms with Gasteiger partial charge < -0.3 is 4.98 Å². The van der Waals surface area contributed by atoms with E-state index in [9.17, 15) is 9.18 Å². The number of H-pyrrole nitrogens is 1. The number of benzene rings is 2. The van der Waals surface area contributed by atoms with Crippen molar-refractivity contribution in [2.75, 3.05) is 5.32 Å². The lowest BCUT2D eigenvalue weighted by molar-refractivity contribution is 0.102. The Labute approximate surface area is 128 Å². The Morgan fingerprint density at radius 2 is 2.05 bits per heavy atom. The van der Waals surface area contributed by atoms with Crippen molar-refractivity contribution in [3.05, 3.63) is 60.0 Å². The number of carbonyl (C=O) groups excluding carboxylic acids is 1. The third-order valence-corrected chi connectivity index (χ3v) is 4.32. The number of nitrogens with zero attached hydrogens (tertiary/aromatic N) is 1. The Morgan fingerprint density at radius 3 is 2.86 bits per heavy atom. The van der Waals surface area contributed by atoms with Crippen LogP contribution in [-0.2, 0) is 0 Å². The minimum Gasteiger partial charge on any atom is -0.350 e. The minimum absolute atomic E-state index is 0.305. The Bertz CT molecular complexity index is 972. The zero-order valence-corrected chi connectivity index (χ0v) is 12.1. The van der Waals surface area contributed by atoms with Crippen LogP contribution in [-0.4, -0.2) is 15.9 Å². The van der Waals surface area contributed by atoms with E-state index in [1.54, 1.807) is 12.1 Å². The highest BCUT2D eigenvalue weighted by Crippen LogP contribution is 2.26. The first kappa shape index (κ1) is 13.0. The van der Waals surface area contributed by atoms with E-state index in [-0.39, 0.29) is 11.7 Å². The maximum atomic E-state index is 13.7. The van der Waals surface area contributed by atoms with Gasteiger partial charge in [-0.15, -0.1) is 0 Å². The summed E-state index contributed by atoms with van der Waals surface area (Å²) >= 11 is 1.40. The van der Waals surface area contributed by atoms with E-state index in [1.165, 1.54) is 23.5 Å². The van der Waals surface area contributed by atoms with Crippen LogP contribution in [0.25, 0.3) is 21.1 Å². The SMILES string of the molecule is O=C(Nc1nc2ccccc2s1)c1cc2c(F)cccc2[nH]1. The summed E-state index contributed by atoms with van der Waals surface area (Å²) in [5, 5.41) is 3.66. The van der Waals surface area contributed by atoms with Gasteiger partial charge in [-0.05, 0) is 30.3 Å². The second-order valence-corrected chi connectivity index (χ2v) is 5.86. The number of halogens is 1. The fourth-order valence-electron chi connectivity index (χ4n) is 2.33. The van der Waals surface area contributed by atoms with E-state index < -0.39 is 0 Å². The number of aromatic nitrogens is 2. The molecule has 4 aromatic rings. The number of fused-ring (bicyclic) bond motifs is 2. The molecule has 6 heteroatoms. The molecule has 2 aromatic carbocycles. The molecule has 108 valence electrons. The number of anilines is 1. The van der Waals surface area contributed by atoms with Crippen LogP contribution in [0, 0.1) is 5.82 Å². The summed E-state index contributed by atoms with van der Waals surface area (Å²) < 4.78 is 14.7. The quantitative estimate of drug-likeness (QED) is 0.584. The molecule has 0 atom stereocenters. The van der Waals surface area contributed by atoms with Crippen LogP contribution in [0.15, 0.2) is 48.5 Å². The van der Waals surface area contributed by atoms with Gasteiger partial charge in [-0.25, -0.2) is 9.37 Å². The van der Waals surface area contributed by atoms with Crippen molar-refractivity contribution in [2.45, 2.75) is 0 Å². The normalized spacial score (nSPS) is 11.1. The highest BCUT2D eigenvalue weighted by molar-refractivity contribution is 7.22. The molecule has 0 saturated carbocycles. The molecule has 0 spiro atoms. The summed E-state index contributed by atoms with van der Waals surface area (Å²) in [5.41, 5.74) is 1.74. The first-order chi connectivity index (χ1) is 10.7. The predicted molar refractivity (Wildman–Crippen MR) is 85.8 cm³/mol. The van der Waals surface area contributed by atoms with Gasteiger partial charge in [-0.2, -0.15) is 0 Å². The number of para-hydroxylation sites is 1. The van der Waals surface area contributed by atoms with E-state index in [0.717, 1.165) is 10.2 Å². The second-order valence-electron chi connectivity index (χ2n) is 4.82. The van der Waals surface area contributed by atoms with Gasteiger partial charge in [0, 0.05) is 10.9 Å². The third-order valence-electron chi connectivity index (χ3n) is 3.37. The van der Waals surface area contributed by atoms with Gasteiger partial charge in [0.25, 0.3) is 5.91 Å². The molecule has 4 nitrogen and oxygen atoms in total. The molecule has 2 aromatic heterocycles. The maximum absolute atomic E-state index is 13.7. The Balaban J connectivity index is 1.66. The molecule has 0 bridgehead atoms. The van der Waals surface area contributed by atoms with Crippen molar-refractivity contribution in [2.24, 2.45) is 0 Å². The van der Waals surface area contributed by atoms with Gasteiger partial charge in [-0.3, -0.25) is 10.1 Å². The van der Waals surface area contributed by atoms with E-state index >= 15 is 0 Å². The smallest absolute Gasteiger partial charge is 0.273 e. The average Bonchev–Trinajstić information content (AvgIpc) is 3.10. The summed E-state index contributed by atoms with van der Waals surface area (Å²) in [7, 11) is 0. The lowest BCUT2D eigenvalue weighted by Crippen LogP contribution is -2.11. The number of amides is 1. The lowest BCUT2D eigenvalue weighted by atomic mass is 10.2. The molecular formula is C16H10FN3OS. The van der Waals surface area contributed by atoms with Gasteiger partial charge in [0.15, 0.2) is 5.13 Å². The number of hydrogen-bond acceptors (Lipinski definition) is 3. The summed E-state index contributed by atoms with van der Waals surface area (Å²) in [6.45, 7) is 0. The zero-order valence-electron chi connectivity index (χ0n) is 11.3. The molecule has 0 aliphatic heterocycles. The molecule has 1 amide bonds. The van der Waals surface area contributed by atoms with Gasteiger partial charge in [-0.1, -0.05) is 29.5 Å². The maximum Gasteiger partial charge on any atom is 0.273 e. The van der Waals surface area contributed by atoms with Crippen molar-refractivity contribution in [3.63, 3.8) is 0 Å². The molecule has 22 heavy (non-hydrogen) atoms. The number of nitrogens with one attached hydrogen (secondary N) is 2. The average molecular weight is 311 g/mol. The van der Waals surface area contributed by atoms with Crippen molar-refractivity contribution >= 4 is 43.5 Å². The fourth-order valence-corrected chi connectivity index (χ4v) is 3.19. The van der Waals surface area contributed by atoms with Crippen molar-refractivity contribution in [3.8, 4) is 0 Å². The number of hydrogen-bond donors (Lipinski definition) is 2. The van der Waals surface area contributed by atoms with Gasteiger partial charge in [0.2, 0.25) is 0 Å². The Kier molecular flexibility index (Phi) is 2.90. The van der Waals surface area contributed by atoms with Crippen LogP contribution in [0.4, 0.5) is 9.52 Å². The molecule has 0 radical (unpaired) electrons. The third kappa shape index (κ3) is 2.14. The molecule has 4 rings (SSSR count). The van der Waals surface area contributed by atoms with Crippen LogP contribution < -0.4 is 5.32 Å².